The van der Waals surface area contributed by atoms with Crippen molar-refractivity contribution in [2.24, 2.45) is 0 Å². The number of ether oxygens (including phenoxy) is 3. The summed E-state index contributed by atoms with van der Waals surface area (Å²) in [5.74, 6) is 2.26. The molecule has 2 aromatic rings. The Hall–Kier alpha value is -2.73. The van der Waals surface area contributed by atoms with Crippen molar-refractivity contribution in [2.75, 3.05) is 20.8 Å². The van der Waals surface area contributed by atoms with E-state index in [2.05, 4.69) is 10.6 Å². The molecule has 1 aliphatic rings. The van der Waals surface area contributed by atoms with Crippen molar-refractivity contribution < 1.29 is 19.0 Å². The quantitative estimate of drug-likeness (QED) is 0.759. The van der Waals surface area contributed by atoms with Gasteiger partial charge in [0, 0.05) is 13.1 Å². The Kier molecular flexibility index (Phi) is 5.96. The smallest absolute Gasteiger partial charge is 0.237 e. The van der Waals surface area contributed by atoms with Gasteiger partial charge < -0.3 is 24.8 Å². The van der Waals surface area contributed by atoms with Crippen LogP contribution in [0.1, 0.15) is 17.5 Å². The van der Waals surface area contributed by atoms with Crippen LogP contribution in [0.15, 0.2) is 42.5 Å². The first kappa shape index (κ1) is 18.1. The number of methoxy groups -OCH3 is 2. The molecule has 1 unspecified atom stereocenters. The predicted octanol–water partition coefficient (Wildman–Crippen LogP) is 2.26. The van der Waals surface area contributed by atoms with E-state index < -0.39 is 0 Å². The van der Waals surface area contributed by atoms with Crippen molar-refractivity contribution in [1.29, 1.82) is 0 Å². The molecule has 0 bridgehead atoms. The maximum absolute atomic E-state index is 11.5. The molecule has 0 saturated carbocycles. The Morgan fingerprint density at radius 1 is 1.04 bits per heavy atom. The van der Waals surface area contributed by atoms with Gasteiger partial charge in [0.15, 0.2) is 11.5 Å². The van der Waals surface area contributed by atoms with E-state index in [0.717, 1.165) is 29.8 Å². The highest BCUT2D eigenvalue weighted by Crippen LogP contribution is 2.28. The monoisotopic (exact) mass is 356 g/mol. The van der Waals surface area contributed by atoms with Crippen LogP contribution < -0.4 is 24.8 Å². The molecule has 0 aliphatic carbocycles. The second kappa shape index (κ2) is 8.58. The number of hydrogen-bond donors (Lipinski definition) is 2. The average molecular weight is 356 g/mol. The second-order valence-corrected chi connectivity index (χ2v) is 6.14. The lowest BCUT2D eigenvalue weighted by atomic mass is 10.2. The summed E-state index contributed by atoms with van der Waals surface area (Å²) < 4.78 is 16.4. The molecule has 0 aromatic heterocycles. The molecule has 1 atom stereocenters. The summed E-state index contributed by atoms with van der Waals surface area (Å²) in [5, 5.41) is 6.09. The highest BCUT2D eigenvalue weighted by Gasteiger charge is 2.22. The topological polar surface area (TPSA) is 68.8 Å². The van der Waals surface area contributed by atoms with Gasteiger partial charge in [-0.25, -0.2) is 0 Å². The Balaban J connectivity index is 1.52. The van der Waals surface area contributed by atoms with Gasteiger partial charge >= 0.3 is 0 Å². The third kappa shape index (κ3) is 4.46. The maximum Gasteiger partial charge on any atom is 0.237 e. The van der Waals surface area contributed by atoms with E-state index in [-0.39, 0.29) is 11.9 Å². The standard InChI is InChI=1S/C20H24N2O4/c1-24-18-8-5-15(11-19(18)25-2)13-26-16-6-3-14(4-7-16)12-22-17-9-10-21-20(17)23/h3-8,11,17,22H,9-10,12-13H2,1-2H3,(H,21,23). The number of nitrogens with one attached hydrogen (secondary N) is 2. The van der Waals surface area contributed by atoms with Crippen molar-refractivity contribution in [1.82, 2.24) is 10.6 Å². The van der Waals surface area contributed by atoms with Gasteiger partial charge in [0.1, 0.15) is 12.4 Å². The van der Waals surface area contributed by atoms with Crippen LogP contribution in [0, 0.1) is 0 Å². The summed E-state index contributed by atoms with van der Waals surface area (Å²) in [5.41, 5.74) is 2.11. The fourth-order valence-corrected chi connectivity index (χ4v) is 2.87. The molecular weight excluding hydrogens is 332 g/mol. The van der Waals surface area contributed by atoms with Gasteiger partial charge in [-0.1, -0.05) is 18.2 Å². The van der Waals surface area contributed by atoms with Crippen LogP contribution in [-0.4, -0.2) is 32.7 Å². The van der Waals surface area contributed by atoms with E-state index in [1.165, 1.54) is 0 Å². The van der Waals surface area contributed by atoms with E-state index >= 15 is 0 Å². The van der Waals surface area contributed by atoms with Crippen molar-refractivity contribution in [3.05, 3.63) is 53.6 Å². The van der Waals surface area contributed by atoms with E-state index in [0.29, 0.717) is 24.7 Å². The molecule has 26 heavy (non-hydrogen) atoms. The normalized spacial score (nSPS) is 16.2. The summed E-state index contributed by atoms with van der Waals surface area (Å²) in [6.07, 6.45) is 0.839. The molecule has 138 valence electrons. The minimum atomic E-state index is -0.0871. The number of carbonyl (C=O) groups is 1. The van der Waals surface area contributed by atoms with Crippen LogP contribution in [0.5, 0.6) is 17.2 Å². The van der Waals surface area contributed by atoms with Gasteiger partial charge in [0.25, 0.3) is 0 Å². The summed E-state index contributed by atoms with van der Waals surface area (Å²) in [4.78, 5) is 11.5. The lowest BCUT2D eigenvalue weighted by Crippen LogP contribution is -2.35. The zero-order valence-corrected chi connectivity index (χ0v) is 15.1. The van der Waals surface area contributed by atoms with Crippen LogP contribution in [0.3, 0.4) is 0 Å². The molecule has 0 radical (unpaired) electrons. The van der Waals surface area contributed by atoms with Gasteiger partial charge in [-0.15, -0.1) is 0 Å². The summed E-state index contributed by atoms with van der Waals surface area (Å²) in [6.45, 7) is 1.85. The largest absolute Gasteiger partial charge is 0.493 e. The van der Waals surface area contributed by atoms with E-state index in [9.17, 15) is 4.79 Å². The number of amides is 1. The highest BCUT2D eigenvalue weighted by molar-refractivity contribution is 5.83. The van der Waals surface area contributed by atoms with Gasteiger partial charge in [0.05, 0.1) is 20.3 Å². The fourth-order valence-electron chi connectivity index (χ4n) is 2.87. The molecule has 2 aromatic carbocycles. The average Bonchev–Trinajstić information content (AvgIpc) is 3.10. The van der Waals surface area contributed by atoms with Crippen LogP contribution >= 0.6 is 0 Å². The van der Waals surface area contributed by atoms with E-state index in [1.54, 1.807) is 14.2 Å². The molecular formula is C20H24N2O4. The Morgan fingerprint density at radius 2 is 1.77 bits per heavy atom. The van der Waals surface area contributed by atoms with Gasteiger partial charge in [-0.2, -0.15) is 0 Å². The molecule has 1 fully saturated rings. The first-order valence-corrected chi connectivity index (χ1v) is 8.63. The molecule has 0 spiro atoms. The fraction of sp³-hybridized carbons (Fsp3) is 0.350. The molecule has 1 heterocycles. The Labute approximate surface area is 153 Å². The highest BCUT2D eigenvalue weighted by atomic mass is 16.5. The Morgan fingerprint density at radius 3 is 2.42 bits per heavy atom. The maximum atomic E-state index is 11.5. The number of carbonyl (C=O) groups excluding carboxylic acids is 1. The number of benzene rings is 2. The second-order valence-electron chi connectivity index (χ2n) is 6.14. The number of rotatable bonds is 8. The summed E-state index contributed by atoms with van der Waals surface area (Å²) >= 11 is 0. The van der Waals surface area contributed by atoms with Gasteiger partial charge in [0.2, 0.25) is 5.91 Å². The zero-order chi connectivity index (χ0) is 18.4. The molecule has 1 saturated heterocycles. The van der Waals surface area contributed by atoms with Gasteiger partial charge in [-0.05, 0) is 41.8 Å². The van der Waals surface area contributed by atoms with Crippen LogP contribution in [0.25, 0.3) is 0 Å². The van der Waals surface area contributed by atoms with E-state index in [1.807, 2.05) is 42.5 Å². The molecule has 1 amide bonds. The molecule has 6 nitrogen and oxygen atoms in total. The Bertz CT molecular complexity index is 746. The molecule has 3 rings (SSSR count). The van der Waals surface area contributed by atoms with E-state index in [4.69, 9.17) is 14.2 Å². The van der Waals surface area contributed by atoms with Crippen LogP contribution in [0.4, 0.5) is 0 Å². The lowest BCUT2D eigenvalue weighted by molar-refractivity contribution is -0.120. The van der Waals surface area contributed by atoms with Crippen molar-refractivity contribution in [3.8, 4) is 17.2 Å². The summed E-state index contributed by atoms with van der Waals surface area (Å²) in [7, 11) is 3.23. The van der Waals surface area contributed by atoms with Crippen molar-refractivity contribution in [2.45, 2.75) is 25.6 Å². The third-order valence-electron chi connectivity index (χ3n) is 4.38. The number of hydrogen-bond acceptors (Lipinski definition) is 5. The molecule has 6 heteroatoms. The van der Waals surface area contributed by atoms with Crippen molar-refractivity contribution >= 4 is 5.91 Å². The zero-order valence-electron chi connectivity index (χ0n) is 15.1. The minimum absolute atomic E-state index is 0.0832. The summed E-state index contributed by atoms with van der Waals surface area (Å²) in [6, 6.07) is 13.5. The molecule has 2 N–H and O–H groups in total. The first-order valence-electron chi connectivity index (χ1n) is 8.63. The molecule has 1 aliphatic heterocycles. The lowest BCUT2D eigenvalue weighted by Gasteiger charge is -2.12. The minimum Gasteiger partial charge on any atom is -0.493 e. The third-order valence-corrected chi connectivity index (χ3v) is 4.38. The van der Waals surface area contributed by atoms with Crippen LogP contribution in [0.2, 0.25) is 0 Å². The van der Waals surface area contributed by atoms with Gasteiger partial charge in [-0.3, -0.25) is 4.79 Å². The predicted molar refractivity (Wildman–Crippen MR) is 98.6 cm³/mol. The first-order chi connectivity index (χ1) is 12.7. The SMILES string of the molecule is COc1ccc(COc2ccc(CNC3CCNC3=O)cc2)cc1OC. The van der Waals surface area contributed by atoms with Crippen LogP contribution in [-0.2, 0) is 17.9 Å². The van der Waals surface area contributed by atoms with Crippen molar-refractivity contribution in [3.63, 3.8) is 0 Å².